The Balaban J connectivity index is 1.61. The van der Waals surface area contributed by atoms with Crippen molar-refractivity contribution in [1.82, 2.24) is 9.97 Å². The van der Waals surface area contributed by atoms with E-state index in [1.807, 2.05) is 0 Å². The molecule has 0 bridgehead atoms. The number of hydrogen-bond acceptors (Lipinski definition) is 11. The van der Waals surface area contributed by atoms with E-state index in [1.165, 1.54) is 20.5 Å². The van der Waals surface area contributed by atoms with E-state index in [4.69, 9.17) is 23.7 Å². The summed E-state index contributed by atoms with van der Waals surface area (Å²) in [5.41, 5.74) is -0.0923. The minimum atomic E-state index is -0.701. The lowest BCUT2D eigenvalue weighted by molar-refractivity contribution is -0.140. The quantitative estimate of drug-likeness (QED) is 0.229. The van der Waals surface area contributed by atoms with E-state index in [0.29, 0.717) is 39.6 Å². The van der Waals surface area contributed by atoms with Gasteiger partial charge >= 0.3 is 5.97 Å². The van der Waals surface area contributed by atoms with Crippen molar-refractivity contribution in [3.05, 3.63) is 68.7 Å². The molecule has 0 saturated carbocycles. The van der Waals surface area contributed by atoms with Crippen LogP contribution in [0.2, 0.25) is 0 Å². The van der Waals surface area contributed by atoms with Crippen molar-refractivity contribution in [2.75, 3.05) is 26.6 Å². The predicted octanol–water partition coefficient (Wildman–Crippen LogP) is 3.54. The largest absolute Gasteiger partial charge is 0.493 e. The number of hydrogen-bond donors (Lipinski definition) is 1. The van der Waals surface area contributed by atoms with Crippen LogP contribution < -0.4 is 35.1 Å². The normalized spacial score (nSPS) is 11.8. The van der Waals surface area contributed by atoms with Crippen LogP contribution in [0.3, 0.4) is 0 Å². The molecule has 3 aromatic carbocycles. The molecule has 1 heterocycles. The molecule has 4 rings (SSSR count). The van der Waals surface area contributed by atoms with E-state index < -0.39 is 22.9 Å². The fourth-order valence-electron chi connectivity index (χ4n) is 3.85. The molecular weight excluding hydrogens is 494 g/mol. The molecule has 0 unspecified atom stereocenters. The maximum absolute atomic E-state index is 12.2. The summed E-state index contributed by atoms with van der Waals surface area (Å²) in [6.07, 6.45) is 0.998. The van der Waals surface area contributed by atoms with E-state index in [1.54, 1.807) is 57.4 Å². The van der Waals surface area contributed by atoms with Crippen LogP contribution in [0.25, 0.3) is 10.9 Å². The fraction of sp³-hybridized carbons (Fsp3) is 0.296. The summed E-state index contributed by atoms with van der Waals surface area (Å²) in [6.45, 7) is 3.50. The summed E-state index contributed by atoms with van der Waals surface area (Å²) in [5, 5.41) is 3.61. The molecule has 11 nitrogen and oxygen atoms in total. The second kappa shape index (κ2) is 11.2. The van der Waals surface area contributed by atoms with Gasteiger partial charge in [-0.25, -0.2) is 9.97 Å². The van der Waals surface area contributed by atoms with Gasteiger partial charge in [-0.2, -0.15) is 0 Å². The Hall–Kier alpha value is -4.67. The number of benzene rings is 2. The average Bonchev–Trinajstić information content (AvgIpc) is 2.93. The predicted molar refractivity (Wildman–Crippen MR) is 139 cm³/mol. The second-order valence-corrected chi connectivity index (χ2v) is 8.58. The van der Waals surface area contributed by atoms with E-state index in [0.717, 1.165) is 0 Å². The van der Waals surface area contributed by atoms with Gasteiger partial charge in [-0.15, -0.1) is 0 Å². The third-order valence-electron chi connectivity index (χ3n) is 5.74. The number of methoxy groups -OCH3 is 3. The number of rotatable bonds is 11. The first kappa shape index (κ1) is 26.4. The number of nitrogens with one attached hydrogen (secondary N) is 1. The first-order valence-corrected chi connectivity index (χ1v) is 11.7. The molecule has 1 atom stereocenters. The number of carbonyl (C=O) groups is 1. The van der Waals surface area contributed by atoms with Crippen molar-refractivity contribution in [2.24, 2.45) is 0 Å². The van der Waals surface area contributed by atoms with Gasteiger partial charge in [-0.05, 0) is 37.6 Å². The molecule has 4 aromatic rings. The lowest BCUT2D eigenvalue weighted by Gasteiger charge is -2.23. The Morgan fingerprint density at radius 2 is 1.63 bits per heavy atom. The Labute approximate surface area is 218 Å². The zero-order valence-electron chi connectivity index (χ0n) is 21.6. The molecule has 0 spiro atoms. The van der Waals surface area contributed by atoms with E-state index in [-0.39, 0.29) is 24.0 Å². The van der Waals surface area contributed by atoms with Crippen LogP contribution in [-0.2, 0) is 9.53 Å². The maximum atomic E-state index is 12.2. The molecule has 0 radical (unpaired) electrons. The number of ether oxygens (including phenoxy) is 5. The second-order valence-electron chi connectivity index (χ2n) is 8.58. The molecule has 0 amide bonds. The van der Waals surface area contributed by atoms with Crippen molar-refractivity contribution in [1.29, 1.82) is 0 Å². The highest BCUT2D eigenvalue weighted by Crippen LogP contribution is 2.36. The van der Waals surface area contributed by atoms with Gasteiger partial charge in [0.15, 0.2) is 17.2 Å². The zero-order valence-corrected chi connectivity index (χ0v) is 21.6. The van der Waals surface area contributed by atoms with Crippen molar-refractivity contribution < 1.29 is 28.5 Å². The minimum Gasteiger partial charge on any atom is -0.493 e. The van der Waals surface area contributed by atoms with Crippen LogP contribution in [0, 0.1) is 0 Å². The van der Waals surface area contributed by atoms with Crippen molar-refractivity contribution in [3.63, 3.8) is 0 Å². The molecule has 0 fully saturated rings. The van der Waals surface area contributed by atoms with Crippen LogP contribution in [0.1, 0.15) is 31.9 Å². The van der Waals surface area contributed by atoms with Crippen LogP contribution >= 0.6 is 0 Å². The van der Waals surface area contributed by atoms with Crippen molar-refractivity contribution in [3.8, 4) is 28.9 Å². The number of aromatic nitrogens is 2. The van der Waals surface area contributed by atoms with Gasteiger partial charge in [0.05, 0.1) is 50.8 Å². The Kier molecular flexibility index (Phi) is 7.75. The number of anilines is 1. The molecule has 11 heteroatoms. The lowest BCUT2D eigenvalue weighted by Crippen LogP contribution is -2.38. The molecule has 0 aliphatic heterocycles. The molecule has 198 valence electrons. The average molecular weight is 522 g/mol. The minimum absolute atomic E-state index is 0.0368. The van der Waals surface area contributed by atoms with Gasteiger partial charge in [0.1, 0.15) is 17.8 Å². The summed E-state index contributed by atoms with van der Waals surface area (Å²) in [5.74, 6) is 1.28. The summed E-state index contributed by atoms with van der Waals surface area (Å²) in [6, 6.07) is 9.66. The maximum Gasteiger partial charge on any atom is 0.307 e. The fourth-order valence-corrected chi connectivity index (χ4v) is 3.85. The van der Waals surface area contributed by atoms with Crippen LogP contribution in [-0.4, -0.2) is 43.4 Å². The monoisotopic (exact) mass is 521 g/mol. The van der Waals surface area contributed by atoms with E-state index in [2.05, 4.69) is 15.3 Å². The molecule has 0 aliphatic rings. The van der Waals surface area contributed by atoms with Gasteiger partial charge in [0.2, 0.25) is 5.88 Å². The number of nitrogens with zero attached hydrogens (tertiary/aromatic N) is 2. The number of esters is 1. The van der Waals surface area contributed by atoms with E-state index in [9.17, 15) is 14.4 Å². The molecule has 1 N–H and O–H groups in total. The summed E-state index contributed by atoms with van der Waals surface area (Å²) in [7, 11) is 4.35. The molecular formula is C27H27N3O8. The smallest absolute Gasteiger partial charge is 0.307 e. The molecule has 0 saturated heterocycles. The zero-order chi connectivity index (χ0) is 27.4. The third kappa shape index (κ3) is 5.36. The van der Waals surface area contributed by atoms with Crippen molar-refractivity contribution in [2.45, 2.75) is 32.4 Å². The summed E-state index contributed by atoms with van der Waals surface area (Å²) in [4.78, 5) is 44.8. The Bertz CT molecular complexity index is 1520. The molecule has 1 aromatic heterocycles. The highest BCUT2D eigenvalue weighted by Gasteiger charge is 2.27. The Morgan fingerprint density at radius 3 is 2.26 bits per heavy atom. The standard InChI is InChI=1S/C27H27N3O8/c1-14(2)37-26-23(24(32)25(26)33)30-18(12-22(31)36-5)15-6-8-16(9-7-15)38-27-17-10-20(34-3)21(35-4)11-19(17)28-13-29-27/h6-11,13-14,18,30H,12H2,1-5H3/t18-/m1/s1. The van der Waals surface area contributed by atoms with Gasteiger partial charge in [0, 0.05) is 6.07 Å². The first-order valence-electron chi connectivity index (χ1n) is 11.7. The van der Waals surface area contributed by atoms with Gasteiger partial charge in [-0.3, -0.25) is 14.4 Å². The number of fused-ring (bicyclic) bond motifs is 1. The lowest BCUT2D eigenvalue weighted by atomic mass is 10.0. The molecule has 0 aliphatic carbocycles. The highest BCUT2D eigenvalue weighted by molar-refractivity contribution is 5.87. The summed E-state index contributed by atoms with van der Waals surface area (Å²) < 4.78 is 27.0. The summed E-state index contributed by atoms with van der Waals surface area (Å²) >= 11 is 0. The van der Waals surface area contributed by atoms with Gasteiger partial charge in [-0.1, -0.05) is 12.1 Å². The topological polar surface area (TPSA) is 135 Å². The molecule has 38 heavy (non-hydrogen) atoms. The first-order chi connectivity index (χ1) is 18.2. The van der Waals surface area contributed by atoms with Gasteiger partial charge < -0.3 is 29.0 Å². The van der Waals surface area contributed by atoms with E-state index >= 15 is 0 Å². The SMILES string of the molecule is COC(=O)C[C@@H](Nc1c(OC(C)C)c(=O)c1=O)c1ccc(Oc2ncnc3cc(OC)c(OC)cc23)cc1. The van der Waals surface area contributed by atoms with Crippen LogP contribution in [0.15, 0.2) is 52.3 Å². The van der Waals surface area contributed by atoms with Crippen LogP contribution in [0.4, 0.5) is 5.69 Å². The third-order valence-corrected chi connectivity index (χ3v) is 5.74. The van der Waals surface area contributed by atoms with Crippen molar-refractivity contribution >= 4 is 22.6 Å². The number of carbonyl (C=O) groups excluding carboxylic acids is 1. The Morgan fingerprint density at radius 1 is 0.947 bits per heavy atom. The van der Waals surface area contributed by atoms with Gasteiger partial charge in [0.25, 0.3) is 10.9 Å². The highest BCUT2D eigenvalue weighted by atomic mass is 16.5. The van der Waals surface area contributed by atoms with Crippen LogP contribution in [0.5, 0.6) is 28.9 Å².